The van der Waals surface area contributed by atoms with Crippen molar-refractivity contribution in [2.75, 3.05) is 13.2 Å². The third-order valence-electron chi connectivity index (χ3n) is 5.06. The Morgan fingerprint density at radius 3 is 2.17 bits per heavy atom. The summed E-state index contributed by atoms with van der Waals surface area (Å²) in [6.45, 7) is 3.27. The van der Waals surface area contributed by atoms with E-state index < -0.39 is 0 Å². The van der Waals surface area contributed by atoms with Crippen LogP contribution in [0.15, 0.2) is 54.6 Å². The molecule has 24 heavy (non-hydrogen) atoms. The first kappa shape index (κ1) is 16.8. The maximum atomic E-state index is 6.41. The van der Waals surface area contributed by atoms with Crippen LogP contribution in [0.5, 0.6) is 11.5 Å². The second kappa shape index (κ2) is 7.71. The smallest absolute Gasteiger partial charge is 0.122 e. The second-order valence-corrected chi connectivity index (χ2v) is 6.73. The molecule has 0 radical (unpaired) electrons. The first-order valence-corrected chi connectivity index (χ1v) is 8.88. The lowest BCUT2D eigenvalue weighted by atomic mass is 9.91. The Hall–Kier alpha value is -2.00. The van der Waals surface area contributed by atoms with E-state index in [9.17, 15) is 0 Å². The fourth-order valence-electron chi connectivity index (χ4n) is 3.43. The number of para-hydroxylation sites is 1. The molecule has 3 nitrogen and oxygen atoms in total. The molecule has 2 aromatic rings. The lowest BCUT2D eigenvalue weighted by Crippen LogP contribution is -2.35. The lowest BCUT2D eigenvalue weighted by molar-refractivity contribution is 0.217. The van der Waals surface area contributed by atoms with E-state index in [2.05, 4.69) is 31.2 Å². The van der Waals surface area contributed by atoms with Gasteiger partial charge < -0.3 is 15.2 Å². The highest BCUT2D eigenvalue weighted by atomic mass is 16.5. The van der Waals surface area contributed by atoms with Crippen LogP contribution in [-0.2, 0) is 0 Å². The Morgan fingerprint density at radius 2 is 1.58 bits per heavy atom. The van der Waals surface area contributed by atoms with E-state index in [0.29, 0.717) is 19.1 Å². The molecule has 1 fully saturated rings. The van der Waals surface area contributed by atoms with Crippen LogP contribution in [0.4, 0.5) is 0 Å². The van der Waals surface area contributed by atoms with Gasteiger partial charge in [0.25, 0.3) is 0 Å². The summed E-state index contributed by atoms with van der Waals surface area (Å²) in [5.74, 6) is 2.35. The van der Waals surface area contributed by atoms with Crippen molar-refractivity contribution in [3.05, 3.63) is 60.2 Å². The van der Waals surface area contributed by atoms with Gasteiger partial charge in [-0.05, 0) is 61.4 Å². The standard InChI is InChI=1S/C21H27NO2/c1-2-21(22)13-12-18(16-21)17-8-10-20(11-9-17)24-15-14-23-19-6-4-3-5-7-19/h3-11,18H,2,12-16,22H2,1H3/t18-,21-/m1/s1. The molecule has 1 saturated carbocycles. The molecule has 0 bridgehead atoms. The molecule has 3 heteroatoms. The van der Waals surface area contributed by atoms with E-state index in [1.54, 1.807) is 0 Å². The van der Waals surface area contributed by atoms with Crippen LogP contribution in [0.25, 0.3) is 0 Å². The average Bonchev–Trinajstić information content (AvgIpc) is 3.03. The number of rotatable bonds is 7. The molecule has 0 heterocycles. The number of ether oxygens (including phenoxy) is 2. The van der Waals surface area contributed by atoms with Gasteiger partial charge in [0.05, 0.1) is 0 Å². The summed E-state index contributed by atoms with van der Waals surface area (Å²) in [6, 6.07) is 18.3. The minimum Gasteiger partial charge on any atom is -0.490 e. The van der Waals surface area contributed by atoms with Crippen LogP contribution in [0, 0.1) is 0 Å². The average molecular weight is 325 g/mol. The van der Waals surface area contributed by atoms with Gasteiger partial charge in [-0.2, -0.15) is 0 Å². The van der Waals surface area contributed by atoms with E-state index in [1.807, 2.05) is 30.3 Å². The molecule has 0 aliphatic heterocycles. The highest BCUT2D eigenvalue weighted by molar-refractivity contribution is 5.30. The van der Waals surface area contributed by atoms with Gasteiger partial charge in [-0.25, -0.2) is 0 Å². The van der Waals surface area contributed by atoms with Crippen molar-refractivity contribution >= 4 is 0 Å². The Balaban J connectivity index is 1.45. The van der Waals surface area contributed by atoms with Crippen molar-refractivity contribution in [1.29, 1.82) is 0 Å². The lowest BCUT2D eigenvalue weighted by Gasteiger charge is -2.22. The van der Waals surface area contributed by atoms with Crippen LogP contribution in [0.2, 0.25) is 0 Å². The van der Waals surface area contributed by atoms with Gasteiger partial charge >= 0.3 is 0 Å². The molecule has 128 valence electrons. The van der Waals surface area contributed by atoms with Gasteiger partial charge in [-0.3, -0.25) is 0 Å². The van der Waals surface area contributed by atoms with Gasteiger partial charge in [0.15, 0.2) is 0 Å². The van der Waals surface area contributed by atoms with Crippen LogP contribution < -0.4 is 15.2 Å². The summed E-state index contributed by atoms with van der Waals surface area (Å²) in [6.07, 6.45) is 4.47. The fourth-order valence-corrected chi connectivity index (χ4v) is 3.43. The van der Waals surface area contributed by atoms with Crippen molar-refractivity contribution in [3.8, 4) is 11.5 Å². The first-order valence-electron chi connectivity index (χ1n) is 8.88. The van der Waals surface area contributed by atoms with E-state index >= 15 is 0 Å². The molecular formula is C21H27NO2. The predicted octanol–water partition coefficient (Wildman–Crippen LogP) is 4.52. The third-order valence-corrected chi connectivity index (χ3v) is 5.06. The normalized spacial score (nSPS) is 23.2. The molecule has 3 rings (SSSR count). The molecule has 2 aromatic carbocycles. The van der Waals surface area contributed by atoms with Gasteiger partial charge in [0.1, 0.15) is 24.7 Å². The quantitative estimate of drug-likeness (QED) is 0.761. The predicted molar refractivity (Wildman–Crippen MR) is 97.7 cm³/mol. The summed E-state index contributed by atoms with van der Waals surface area (Å²) < 4.78 is 11.4. The summed E-state index contributed by atoms with van der Waals surface area (Å²) in [5, 5.41) is 0. The summed E-state index contributed by atoms with van der Waals surface area (Å²) in [7, 11) is 0. The third kappa shape index (κ3) is 4.30. The number of benzene rings is 2. The molecule has 0 saturated heterocycles. The summed E-state index contributed by atoms with van der Waals surface area (Å²) in [4.78, 5) is 0. The Labute approximate surface area is 144 Å². The van der Waals surface area contributed by atoms with Gasteiger partial charge in [0.2, 0.25) is 0 Å². The van der Waals surface area contributed by atoms with Gasteiger partial charge in [0, 0.05) is 5.54 Å². The van der Waals surface area contributed by atoms with Gasteiger partial charge in [-0.15, -0.1) is 0 Å². The maximum Gasteiger partial charge on any atom is 0.122 e. The minimum absolute atomic E-state index is 0.0363. The van der Waals surface area contributed by atoms with Crippen LogP contribution >= 0.6 is 0 Å². The molecule has 1 aliphatic rings. The highest BCUT2D eigenvalue weighted by Crippen LogP contribution is 2.41. The SMILES string of the molecule is CC[C@@]1(N)CC[C@@H](c2ccc(OCCOc3ccccc3)cc2)C1. The van der Waals surface area contributed by atoms with E-state index in [0.717, 1.165) is 30.8 Å². The number of hydrogen-bond acceptors (Lipinski definition) is 3. The van der Waals surface area contributed by atoms with E-state index in [-0.39, 0.29) is 5.54 Å². The molecule has 0 amide bonds. The highest BCUT2D eigenvalue weighted by Gasteiger charge is 2.34. The van der Waals surface area contributed by atoms with Gasteiger partial charge in [-0.1, -0.05) is 37.3 Å². The Bertz CT molecular complexity index is 626. The van der Waals surface area contributed by atoms with Crippen LogP contribution in [0.3, 0.4) is 0 Å². The summed E-state index contributed by atoms with van der Waals surface area (Å²) in [5.41, 5.74) is 7.82. The molecule has 0 aromatic heterocycles. The molecule has 1 aliphatic carbocycles. The van der Waals surface area contributed by atoms with Crippen molar-refractivity contribution < 1.29 is 9.47 Å². The van der Waals surface area contributed by atoms with E-state index in [4.69, 9.17) is 15.2 Å². The first-order chi connectivity index (χ1) is 11.7. The topological polar surface area (TPSA) is 44.5 Å². The van der Waals surface area contributed by atoms with Crippen molar-refractivity contribution in [2.45, 2.75) is 44.1 Å². The molecule has 0 unspecified atom stereocenters. The monoisotopic (exact) mass is 325 g/mol. The summed E-state index contributed by atoms with van der Waals surface area (Å²) >= 11 is 0. The second-order valence-electron chi connectivity index (χ2n) is 6.73. The van der Waals surface area contributed by atoms with Crippen molar-refractivity contribution in [1.82, 2.24) is 0 Å². The molecular weight excluding hydrogens is 298 g/mol. The Morgan fingerprint density at radius 1 is 0.958 bits per heavy atom. The minimum atomic E-state index is 0.0363. The fraction of sp³-hybridized carbons (Fsp3) is 0.429. The zero-order valence-corrected chi connectivity index (χ0v) is 14.4. The molecule has 2 N–H and O–H groups in total. The van der Waals surface area contributed by atoms with Crippen molar-refractivity contribution in [3.63, 3.8) is 0 Å². The van der Waals surface area contributed by atoms with Crippen LogP contribution in [-0.4, -0.2) is 18.8 Å². The molecule has 2 atom stereocenters. The van der Waals surface area contributed by atoms with Crippen LogP contribution in [0.1, 0.15) is 44.1 Å². The zero-order chi connectivity index (χ0) is 16.8. The number of hydrogen-bond donors (Lipinski definition) is 1. The van der Waals surface area contributed by atoms with Crippen molar-refractivity contribution in [2.24, 2.45) is 5.73 Å². The Kier molecular flexibility index (Phi) is 5.41. The van der Waals surface area contributed by atoms with E-state index in [1.165, 1.54) is 12.0 Å². The largest absolute Gasteiger partial charge is 0.490 e. The molecule has 0 spiro atoms. The zero-order valence-electron chi connectivity index (χ0n) is 14.4. The maximum absolute atomic E-state index is 6.41. The number of nitrogens with two attached hydrogens (primary N) is 1.